The third kappa shape index (κ3) is 3.22. The van der Waals surface area contributed by atoms with E-state index in [1.807, 2.05) is 18.2 Å². The molecule has 1 aliphatic carbocycles. The summed E-state index contributed by atoms with van der Waals surface area (Å²) >= 11 is 0. The molecule has 100 valence electrons. The van der Waals surface area contributed by atoms with Crippen LogP contribution >= 0.6 is 0 Å². The fraction of sp³-hybridized carbons (Fsp3) is 0.357. The van der Waals surface area contributed by atoms with Gasteiger partial charge in [-0.1, -0.05) is 36.3 Å². The van der Waals surface area contributed by atoms with E-state index in [-0.39, 0.29) is 6.61 Å². The molecule has 3 nitrogen and oxygen atoms in total. The zero-order valence-corrected chi connectivity index (χ0v) is 10.2. The van der Waals surface area contributed by atoms with E-state index in [4.69, 9.17) is 11.2 Å². The largest absolute Gasteiger partial charge is 0.445 e. The molecule has 1 N–H and O–H groups in total. The molecular formula is C14H13F2NO2. The highest BCUT2D eigenvalue weighted by atomic mass is 19.3. The Balaban J connectivity index is 1.84. The van der Waals surface area contributed by atoms with Gasteiger partial charge in [-0.2, -0.15) is 0 Å². The summed E-state index contributed by atoms with van der Waals surface area (Å²) in [6.45, 7) is 0.0731. The second-order valence-corrected chi connectivity index (χ2v) is 4.62. The number of hydrogen-bond acceptors (Lipinski definition) is 2. The molecule has 0 saturated heterocycles. The van der Waals surface area contributed by atoms with E-state index < -0.39 is 30.4 Å². The molecule has 0 aromatic heterocycles. The van der Waals surface area contributed by atoms with Crippen molar-refractivity contribution in [1.82, 2.24) is 5.32 Å². The Labute approximate surface area is 110 Å². The number of alkyl halides is 2. The molecule has 2 rings (SSSR count). The SMILES string of the molecule is C#CC1(NC(=O)OCc2ccccc2)CC(F)(F)C1. The summed E-state index contributed by atoms with van der Waals surface area (Å²) in [7, 11) is 0. The first-order chi connectivity index (χ1) is 8.95. The molecule has 1 saturated carbocycles. The van der Waals surface area contributed by atoms with Crippen molar-refractivity contribution in [1.29, 1.82) is 0 Å². The number of carbonyl (C=O) groups excluding carboxylic acids is 1. The molecule has 0 spiro atoms. The van der Waals surface area contributed by atoms with E-state index in [2.05, 4.69) is 11.2 Å². The van der Waals surface area contributed by atoms with Gasteiger partial charge in [-0.05, 0) is 5.56 Å². The fourth-order valence-electron chi connectivity index (χ4n) is 2.01. The lowest BCUT2D eigenvalue weighted by Gasteiger charge is -2.43. The molecule has 1 aliphatic rings. The minimum atomic E-state index is -2.81. The van der Waals surface area contributed by atoms with Crippen LogP contribution in [0.5, 0.6) is 0 Å². The fourth-order valence-corrected chi connectivity index (χ4v) is 2.01. The van der Waals surface area contributed by atoms with Gasteiger partial charge in [0.25, 0.3) is 5.92 Å². The molecule has 1 fully saturated rings. The maximum atomic E-state index is 12.8. The maximum Gasteiger partial charge on any atom is 0.408 e. The van der Waals surface area contributed by atoms with Crippen LogP contribution in [0.3, 0.4) is 0 Å². The summed E-state index contributed by atoms with van der Waals surface area (Å²) in [5.74, 6) is -0.599. The van der Waals surface area contributed by atoms with E-state index in [1.165, 1.54) is 0 Å². The normalized spacial score (nSPS) is 18.8. The Morgan fingerprint density at radius 1 is 1.37 bits per heavy atom. The first-order valence-corrected chi connectivity index (χ1v) is 5.79. The zero-order chi connectivity index (χ0) is 13.9. The Hall–Kier alpha value is -2.09. The average Bonchev–Trinajstić information content (AvgIpc) is 2.35. The number of alkyl carbamates (subject to hydrolysis) is 1. The van der Waals surface area contributed by atoms with E-state index in [0.29, 0.717) is 0 Å². The van der Waals surface area contributed by atoms with Crippen LogP contribution in [0.4, 0.5) is 13.6 Å². The van der Waals surface area contributed by atoms with Gasteiger partial charge in [-0.3, -0.25) is 0 Å². The van der Waals surface area contributed by atoms with E-state index in [1.54, 1.807) is 12.1 Å². The minimum absolute atomic E-state index is 0.0731. The quantitative estimate of drug-likeness (QED) is 0.853. The van der Waals surface area contributed by atoms with E-state index in [9.17, 15) is 13.6 Å². The van der Waals surface area contributed by atoms with Crippen LogP contribution in [0, 0.1) is 12.3 Å². The molecule has 5 heteroatoms. The number of ether oxygens (including phenoxy) is 1. The van der Waals surface area contributed by atoms with Crippen molar-refractivity contribution in [2.45, 2.75) is 30.9 Å². The molecule has 0 heterocycles. The van der Waals surface area contributed by atoms with Crippen LogP contribution in [0.2, 0.25) is 0 Å². The van der Waals surface area contributed by atoms with Crippen LogP contribution in [-0.2, 0) is 11.3 Å². The first-order valence-electron chi connectivity index (χ1n) is 5.79. The zero-order valence-electron chi connectivity index (χ0n) is 10.2. The van der Waals surface area contributed by atoms with Crippen LogP contribution in [0.15, 0.2) is 30.3 Å². The molecule has 1 aromatic carbocycles. The van der Waals surface area contributed by atoms with Gasteiger partial charge < -0.3 is 10.1 Å². The summed E-state index contributed by atoms with van der Waals surface area (Å²) in [6.07, 6.45) is 3.32. The van der Waals surface area contributed by atoms with Gasteiger partial charge in [0, 0.05) is 12.8 Å². The number of hydrogen-bond donors (Lipinski definition) is 1. The second kappa shape index (κ2) is 4.88. The molecular weight excluding hydrogens is 252 g/mol. The summed E-state index contributed by atoms with van der Waals surface area (Å²) < 4.78 is 30.6. The van der Waals surface area contributed by atoms with Gasteiger partial charge in [0.15, 0.2) is 0 Å². The lowest BCUT2D eigenvalue weighted by molar-refractivity contribution is -0.113. The van der Waals surface area contributed by atoms with Crippen molar-refractivity contribution in [2.24, 2.45) is 0 Å². The number of rotatable bonds is 3. The Bertz CT molecular complexity index is 500. The van der Waals surface area contributed by atoms with Crippen LogP contribution in [-0.4, -0.2) is 17.6 Å². The van der Waals surface area contributed by atoms with Crippen LogP contribution in [0.25, 0.3) is 0 Å². The molecule has 0 radical (unpaired) electrons. The molecule has 1 amide bonds. The monoisotopic (exact) mass is 265 g/mol. The molecule has 0 unspecified atom stereocenters. The molecule has 0 aliphatic heterocycles. The van der Waals surface area contributed by atoms with Crippen molar-refractivity contribution < 1.29 is 18.3 Å². The van der Waals surface area contributed by atoms with Gasteiger partial charge in [0.1, 0.15) is 12.1 Å². The first kappa shape index (κ1) is 13.3. The third-order valence-corrected chi connectivity index (χ3v) is 2.95. The Kier molecular flexibility index (Phi) is 3.43. The number of nitrogens with one attached hydrogen (secondary N) is 1. The summed E-state index contributed by atoms with van der Waals surface area (Å²) in [6, 6.07) is 9.05. The average molecular weight is 265 g/mol. The topological polar surface area (TPSA) is 38.3 Å². The molecule has 19 heavy (non-hydrogen) atoms. The predicted molar refractivity (Wildman–Crippen MR) is 65.5 cm³/mol. The smallest absolute Gasteiger partial charge is 0.408 e. The van der Waals surface area contributed by atoms with Crippen LogP contribution < -0.4 is 5.32 Å². The number of benzene rings is 1. The van der Waals surface area contributed by atoms with Gasteiger partial charge in [0.05, 0.1) is 0 Å². The van der Waals surface area contributed by atoms with Gasteiger partial charge >= 0.3 is 6.09 Å². The number of amides is 1. The molecule has 1 aromatic rings. The van der Waals surface area contributed by atoms with E-state index >= 15 is 0 Å². The second-order valence-electron chi connectivity index (χ2n) is 4.62. The molecule has 0 atom stereocenters. The van der Waals surface area contributed by atoms with E-state index in [0.717, 1.165) is 5.56 Å². The van der Waals surface area contributed by atoms with Crippen molar-refractivity contribution in [3.63, 3.8) is 0 Å². The van der Waals surface area contributed by atoms with Crippen molar-refractivity contribution >= 4 is 6.09 Å². The standard InChI is InChI=1S/C14H13F2NO2/c1-2-13(9-14(15,16)10-13)17-12(18)19-8-11-6-4-3-5-7-11/h1,3-7H,8-10H2,(H,17,18). The van der Waals surface area contributed by atoms with Gasteiger partial charge in [-0.25, -0.2) is 13.6 Å². The predicted octanol–water partition coefficient (Wildman–Crippen LogP) is 2.71. The highest BCUT2D eigenvalue weighted by molar-refractivity contribution is 5.69. The highest BCUT2D eigenvalue weighted by Crippen LogP contribution is 2.45. The number of carbonyl (C=O) groups is 1. The van der Waals surface area contributed by atoms with Gasteiger partial charge in [0.2, 0.25) is 0 Å². The Morgan fingerprint density at radius 3 is 2.53 bits per heavy atom. The Morgan fingerprint density at radius 2 is 2.00 bits per heavy atom. The van der Waals surface area contributed by atoms with Gasteiger partial charge in [-0.15, -0.1) is 6.42 Å². The number of terminal acetylenes is 1. The summed E-state index contributed by atoms with van der Waals surface area (Å²) in [4.78, 5) is 11.5. The van der Waals surface area contributed by atoms with Crippen LogP contribution in [0.1, 0.15) is 18.4 Å². The minimum Gasteiger partial charge on any atom is -0.445 e. The van der Waals surface area contributed by atoms with Crippen molar-refractivity contribution in [3.8, 4) is 12.3 Å². The molecule has 0 bridgehead atoms. The van der Waals surface area contributed by atoms with Crippen molar-refractivity contribution in [3.05, 3.63) is 35.9 Å². The maximum absolute atomic E-state index is 12.8. The number of halogens is 2. The summed E-state index contributed by atoms with van der Waals surface area (Å²) in [5.41, 5.74) is -0.469. The third-order valence-electron chi connectivity index (χ3n) is 2.95. The lowest BCUT2D eigenvalue weighted by Crippen LogP contribution is -2.61. The summed E-state index contributed by atoms with van der Waals surface area (Å²) in [5, 5.41) is 2.33. The highest BCUT2D eigenvalue weighted by Gasteiger charge is 2.57. The van der Waals surface area contributed by atoms with Crippen molar-refractivity contribution in [2.75, 3.05) is 0 Å². The lowest BCUT2D eigenvalue weighted by atomic mass is 9.74.